The minimum atomic E-state index is -0.157. The highest BCUT2D eigenvalue weighted by Crippen LogP contribution is 2.40. The molecular weight excluding hydrogens is 261 g/mol. The predicted octanol–water partition coefficient (Wildman–Crippen LogP) is 4.76. The van der Waals surface area contributed by atoms with Gasteiger partial charge < -0.3 is 5.32 Å². The Kier molecular flexibility index (Phi) is 5.08. The van der Waals surface area contributed by atoms with Crippen LogP contribution in [0, 0.1) is 23.6 Å². The molecule has 1 nitrogen and oxygen atoms in total. The second kappa shape index (κ2) is 6.48. The molecule has 4 atom stereocenters. The van der Waals surface area contributed by atoms with E-state index in [9.17, 15) is 4.39 Å². The van der Waals surface area contributed by atoms with Crippen molar-refractivity contribution in [2.75, 3.05) is 7.05 Å². The number of rotatable bonds is 4. The molecule has 1 fully saturated rings. The molecule has 0 aliphatic heterocycles. The zero-order chi connectivity index (χ0) is 15.6. The first kappa shape index (κ1) is 16.5. The van der Waals surface area contributed by atoms with Crippen LogP contribution < -0.4 is 5.32 Å². The molecule has 118 valence electrons. The highest BCUT2D eigenvalue weighted by molar-refractivity contribution is 5.27. The van der Waals surface area contributed by atoms with Crippen molar-refractivity contribution >= 4 is 0 Å². The third-order valence-electron chi connectivity index (χ3n) is 5.79. The smallest absolute Gasteiger partial charge is 0.123 e. The van der Waals surface area contributed by atoms with E-state index in [1.807, 2.05) is 12.1 Å². The van der Waals surface area contributed by atoms with Gasteiger partial charge in [0.25, 0.3) is 0 Å². The fourth-order valence-corrected chi connectivity index (χ4v) is 4.14. The Labute approximate surface area is 129 Å². The third-order valence-corrected chi connectivity index (χ3v) is 5.79. The zero-order valence-corrected chi connectivity index (χ0v) is 14.1. The van der Waals surface area contributed by atoms with Gasteiger partial charge in [0, 0.05) is 11.5 Å². The van der Waals surface area contributed by atoms with Crippen molar-refractivity contribution in [3.05, 3.63) is 35.6 Å². The molecule has 1 aromatic rings. The maximum absolute atomic E-state index is 13.2. The summed E-state index contributed by atoms with van der Waals surface area (Å²) in [4.78, 5) is 0. The molecule has 1 aliphatic carbocycles. The van der Waals surface area contributed by atoms with Crippen molar-refractivity contribution in [3.63, 3.8) is 0 Å². The van der Waals surface area contributed by atoms with Gasteiger partial charge in [-0.05, 0) is 55.3 Å². The van der Waals surface area contributed by atoms with E-state index in [0.717, 1.165) is 11.8 Å². The monoisotopic (exact) mass is 291 g/mol. The van der Waals surface area contributed by atoms with Crippen molar-refractivity contribution in [3.8, 4) is 0 Å². The molecule has 2 rings (SSSR count). The van der Waals surface area contributed by atoms with Crippen LogP contribution in [-0.4, -0.2) is 13.1 Å². The Balaban J connectivity index is 2.21. The molecule has 21 heavy (non-hydrogen) atoms. The molecule has 0 aromatic heterocycles. The molecule has 1 aromatic carbocycles. The summed E-state index contributed by atoms with van der Waals surface area (Å²) in [7, 11) is 2.07. The zero-order valence-electron chi connectivity index (χ0n) is 14.1. The molecule has 1 saturated carbocycles. The molecule has 2 heteroatoms. The van der Waals surface area contributed by atoms with Gasteiger partial charge in [0.15, 0.2) is 0 Å². The van der Waals surface area contributed by atoms with Gasteiger partial charge in [0.1, 0.15) is 5.82 Å². The van der Waals surface area contributed by atoms with Crippen LogP contribution in [0.3, 0.4) is 0 Å². The standard InChI is InChI=1S/C19H30FN/c1-13-6-7-15(12-14(13)2)18(21-5)19(3,4)16-8-10-17(20)11-9-16/h8-11,13-15,18,21H,6-7,12H2,1-5H3. The van der Waals surface area contributed by atoms with E-state index in [1.54, 1.807) is 12.1 Å². The lowest BCUT2D eigenvalue weighted by atomic mass is 9.65. The van der Waals surface area contributed by atoms with Gasteiger partial charge in [-0.3, -0.25) is 0 Å². The maximum atomic E-state index is 13.2. The normalized spacial score (nSPS) is 28.4. The Morgan fingerprint density at radius 1 is 1.10 bits per heavy atom. The van der Waals surface area contributed by atoms with E-state index in [-0.39, 0.29) is 11.2 Å². The summed E-state index contributed by atoms with van der Waals surface area (Å²) in [5, 5.41) is 3.57. The number of hydrogen-bond acceptors (Lipinski definition) is 1. The third kappa shape index (κ3) is 3.48. The van der Waals surface area contributed by atoms with E-state index in [4.69, 9.17) is 0 Å². The van der Waals surface area contributed by atoms with Gasteiger partial charge >= 0.3 is 0 Å². The SMILES string of the molecule is CNC(C1CCC(C)C(C)C1)C(C)(C)c1ccc(F)cc1. The van der Waals surface area contributed by atoms with Crippen molar-refractivity contribution in [2.45, 2.75) is 58.4 Å². The summed E-state index contributed by atoms with van der Waals surface area (Å²) in [6.07, 6.45) is 3.91. The van der Waals surface area contributed by atoms with Crippen molar-refractivity contribution < 1.29 is 4.39 Å². The Hall–Kier alpha value is -0.890. The van der Waals surface area contributed by atoms with Crippen molar-refractivity contribution in [2.24, 2.45) is 17.8 Å². The second-order valence-electron chi connectivity index (χ2n) is 7.52. The van der Waals surface area contributed by atoms with Crippen LogP contribution in [0.5, 0.6) is 0 Å². The number of halogens is 1. The topological polar surface area (TPSA) is 12.0 Å². The summed E-state index contributed by atoms with van der Waals surface area (Å²) >= 11 is 0. The fourth-order valence-electron chi connectivity index (χ4n) is 4.14. The molecule has 1 aliphatic rings. The largest absolute Gasteiger partial charge is 0.316 e. The molecular formula is C19H30FN. The Morgan fingerprint density at radius 3 is 2.24 bits per heavy atom. The molecule has 0 bridgehead atoms. The molecule has 0 heterocycles. The van der Waals surface area contributed by atoms with Crippen LogP contribution in [0.2, 0.25) is 0 Å². The van der Waals surface area contributed by atoms with E-state index < -0.39 is 0 Å². The van der Waals surface area contributed by atoms with Crippen LogP contribution in [0.15, 0.2) is 24.3 Å². The van der Waals surface area contributed by atoms with Gasteiger partial charge in [0.2, 0.25) is 0 Å². The lowest BCUT2D eigenvalue weighted by Gasteiger charge is -2.44. The van der Waals surface area contributed by atoms with Gasteiger partial charge in [0.05, 0.1) is 0 Å². The molecule has 0 radical (unpaired) electrons. The minimum Gasteiger partial charge on any atom is -0.316 e. The molecule has 1 N–H and O–H groups in total. The maximum Gasteiger partial charge on any atom is 0.123 e. The van der Waals surface area contributed by atoms with Crippen LogP contribution in [0.1, 0.15) is 52.5 Å². The first-order valence-corrected chi connectivity index (χ1v) is 8.29. The van der Waals surface area contributed by atoms with Crippen molar-refractivity contribution in [1.82, 2.24) is 5.32 Å². The van der Waals surface area contributed by atoms with E-state index >= 15 is 0 Å². The highest BCUT2D eigenvalue weighted by atomic mass is 19.1. The van der Waals surface area contributed by atoms with Gasteiger partial charge in [-0.1, -0.05) is 46.2 Å². The minimum absolute atomic E-state index is 0.00736. The summed E-state index contributed by atoms with van der Waals surface area (Å²) < 4.78 is 13.2. The van der Waals surface area contributed by atoms with Gasteiger partial charge in [-0.15, -0.1) is 0 Å². The van der Waals surface area contributed by atoms with Crippen LogP contribution in [0.25, 0.3) is 0 Å². The van der Waals surface area contributed by atoms with Gasteiger partial charge in [-0.25, -0.2) is 4.39 Å². The van der Waals surface area contributed by atoms with Crippen LogP contribution in [-0.2, 0) is 5.41 Å². The molecule has 0 amide bonds. The Bertz CT molecular complexity index is 451. The van der Waals surface area contributed by atoms with Crippen LogP contribution >= 0.6 is 0 Å². The summed E-state index contributed by atoms with van der Waals surface area (Å²) in [5.74, 6) is 2.17. The lowest BCUT2D eigenvalue weighted by molar-refractivity contribution is 0.140. The lowest BCUT2D eigenvalue weighted by Crippen LogP contribution is -2.49. The first-order valence-electron chi connectivity index (χ1n) is 8.29. The number of hydrogen-bond donors (Lipinski definition) is 1. The predicted molar refractivity (Wildman–Crippen MR) is 87.9 cm³/mol. The average Bonchev–Trinajstić information content (AvgIpc) is 2.44. The van der Waals surface area contributed by atoms with E-state index in [2.05, 4.69) is 40.1 Å². The number of benzene rings is 1. The van der Waals surface area contributed by atoms with Crippen molar-refractivity contribution in [1.29, 1.82) is 0 Å². The van der Waals surface area contributed by atoms with E-state index in [0.29, 0.717) is 12.0 Å². The Morgan fingerprint density at radius 2 is 1.71 bits per heavy atom. The molecule has 0 spiro atoms. The first-order chi connectivity index (χ1) is 9.86. The fraction of sp³-hybridized carbons (Fsp3) is 0.684. The molecule has 4 unspecified atom stereocenters. The van der Waals surface area contributed by atoms with Gasteiger partial charge in [-0.2, -0.15) is 0 Å². The molecule has 0 saturated heterocycles. The summed E-state index contributed by atoms with van der Waals surface area (Å²) in [6, 6.07) is 7.46. The quantitative estimate of drug-likeness (QED) is 0.843. The number of nitrogens with one attached hydrogen (secondary N) is 1. The number of likely N-dealkylation sites (N-methyl/N-ethyl adjacent to an activating group) is 1. The summed E-state index contributed by atoms with van der Waals surface area (Å²) in [6.45, 7) is 9.32. The van der Waals surface area contributed by atoms with E-state index in [1.165, 1.54) is 24.8 Å². The van der Waals surface area contributed by atoms with Crippen LogP contribution in [0.4, 0.5) is 4.39 Å². The summed E-state index contributed by atoms with van der Waals surface area (Å²) in [5.41, 5.74) is 1.22. The average molecular weight is 291 g/mol. The second-order valence-corrected chi connectivity index (χ2v) is 7.52. The highest BCUT2D eigenvalue weighted by Gasteiger charge is 2.38.